The van der Waals surface area contributed by atoms with Gasteiger partial charge in [-0.3, -0.25) is 4.79 Å². The van der Waals surface area contributed by atoms with E-state index in [1.54, 1.807) is 18.2 Å². The van der Waals surface area contributed by atoms with E-state index in [0.717, 1.165) is 21.1 Å². The minimum absolute atomic E-state index is 0.103. The quantitative estimate of drug-likeness (QED) is 0.299. The van der Waals surface area contributed by atoms with E-state index in [1.807, 2.05) is 54.6 Å². The van der Waals surface area contributed by atoms with Crippen LogP contribution in [0, 0.1) is 0 Å². The van der Waals surface area contributed by atoms with Crippen molar-refractivity contribution < 1.29 is 9.21 Å². The Morgan fingerprint density at radius 2 is 1.60 bits per heavy atom. The van der Waals surface area contributed by atoms with Crippen LogP contribution in [0.4, 0.5) is 0 Å². The van der Waals surface area contributed by atoms with Crippen LogP contribution < -0.4 is 5.63 Å². The van der Waals surface area contributed by atoms with E-state index in [4.69, 9.17) is 4.42 Å². The molecule has 4 heteroatoms. The first kappa shape index (κ1) is 15.7. The lowest BCUT2D eigenvalue weighted by molar-refractivity contribution is 0.101. The Kier molecular flexibility index (Phi) is 4.12. The number of fused-ring (bicyclic) bond motifs is 2. The Labute approximate surface area is 148 Å². The Bertz CT molecular complexity index is 1140. The molecule has 3 nitrogen and oxygen atoms in total. The maximum atomic E-state index is 12.5. The molecule has 0 unspecified atom stereocenters. The largest absolute Gasteiger partial charge is 0.422 e. The van der Waals surface area contributed by atoms with Crippen molar-refractivity contribution in [2.24, 2.45) is 0 Å². The van der Waals surface area contributed by atoms with Gasteiger partial charge in [0.25, 0.3) is 0 Å². The predicted molar refractivity (Wildman–Crippen MR) is 101 cm³/mol. The summed E-state index contributed by atoms with van der Waals surface area (Å²) in [6, 6.07) is 22.8. The summed E-state index contributed by atoms with van der Waals surface area (Å²) >= 11 is 1.44. The van der Waals surface area contributed by atoms with Crippen molar-refractivity contribution in [3.63, 3.8) is 0 Å². The number of carbonyl (C=O) groups excluding carboxylic acids is 1. The van der Waals surface area contributed by atoms with Crippen LogP contribution in [0.25, 0.3) is 21.7 Å². The van der Waals surface area contributed by atoms with Gasteiger partial charge in [0.1, 0.15) is 11.1 Å². The molecule has 0 spiro atoms. The number of thioether (sulfide) groups is 1. The van der Waals surface area contributed by atoms with Crippen LogP contribution in [-0.4, -0.2) is 11.5 Å². The number of benzene rings is 3. The summed E-state index contributed by atoms with van der Waals surface area (Å²) in [5.41, 5.74) is 0.0133. The van der Waals surface area contributed by atoms with Crippen LogP contribution in [0.3, 0.4) is 0 Å². The zero-order valence-corrected chi connectivity index (χ0v) is 14.1. The number of ketones is 1. The minimum Gasteiger partial charge on any atom is -0.422 e. The average molecular weight is 346 g/mol. The average Bonchev–Trinajstić information content (AvgIpc) is 2.65. The highest BCUT2D eigenvalue weighted by Crippen LogP contribution is 2.28. The first-order valence-corrected chi connectivity index (χ1v) is 8.87. The van der Waals surface area contributed by atoms with E-state index in [-0.39, 0.29) is 17.1 Å². The Balaban J connectivity index is 1.62. The van der Waals surface area contributed by atoms with Crippen molar-refractivity contribution in [1.82, 2.24) is 0 Å². The second kappa shape index (κ2) is 6.57. The fourth-order valence-electron chi connectivity index (χ4n) is 2.80. The molecule has 0 atom stereocenters. The molecule has 4 rings (SSSR count). The zero-order chi connectivity index (χ0) is 17.2. The highest BCUT2D eigenvalue weighted by Gasteiger charge is 2.14. The lowest BCUT2D eigenvalue weighted by Crippen LogP contribution is -2.15. The maximum absolute atomic E-state index is 12.5. The number of hydrogen-bond acceptors (Lipinski definition) is 4. The highest BCUT2D eigenvalue weighted by atomic mass is 32.2. The lowest BCUT2D eigenvalue weighted by Gasteiger charge is -2.06. The molecule has 1 aromatic heterocycles. The predicted octanol–water partition coefficient (Wildman–Crippen LogP) is 4.92. The topological polar surface area (TPSA) is 47.3 Å². The van der Waals surface area contributed by atoms with Crippen molar-refractivity contribution in [3.8, 4) is 0 Å². The van der Waals surface area contributed by atoms with E-state index in [9.17, 15) is 9.59 Å². The molecule has 0 fully saturated rings. The minimum atomic E-state index is -0.581. The summed E-state index contributed by atoms with van der Waals surface area (Å²) in [6.07, 6.45) is 0. The molecule has 1 heterocycles. The first-order chi connectivity index (χ1) is 12.2. The Hall–Kier alpha value is -2.85. The van der Waals surface area contributed by atoms with Crippen LogP contribution in [0.15, 0.2) is 86.9 Å². The van der Waals surface area contributed by atoms with Gasteiger partial charge in [-0.05, 0) is 29.0 Å². The van der Waals surface area contributed by atoms with Gasteiger partial charge in [-0.1, -0.05) is 54.6 Å². The third-order valence-corrected chi connectivity index (χ3v) is 5.12. The molecule has 0 aliphatic carbocycles. The molecular formula is C21H14O3S. The van der Waals surface area contributed by atoms with E-state index < -0.39 is 5.63 Å². The number of para-hydroxylation sites is 1. The molecule has 0 amide bonds. The summed E-state index contributed by atoms with van der Waals surface area (Å²) < 4.78 is 5.25. The molecular weight excluding hydrogens is 332 g/mol. The third-order valence-electron chi connectivity index (χ3n) is 4.05. The summed E-state index contributed by atoms with van der Waals surface area (Å²) in [4.78, 5) is 25.7. The Morgan fingerprint density at radius 1 is 0.880 bits per heavy atom. The van der Waals surface area contributed by atoms with Gasteiger partial charge < -0.3 is 4.42 Å². The molecule has 0 aliphatic heterocycles. The number of carbonyl (C=O) groups is 1. The van der Waals surface area contributed by atoms with Crippen molar-refractivity contribution >= 4 is 39.3 Å². The van der Waals surface area contributed by atoms with Crippen LogP contribution in [-0.2, 0) is 0 Å². The van der Waals surface area contributed by atoms with Gasteiger partial charge in [-0.2, -0.15) is 0 Å². The number of Topliss-reactive ketones (excluding diaryl/α,β-unsaturated/α-hetero) is 1. The summed E-state index contributed by atoms with van der Waals surface area (Å²) in [7, 11) is 0. The standard InChI is InChI=1S/C21H14O3S/c22-18(17-12-15-7-2-4-10-19(15)24-21(17)23)13-25-20-11-5-8-14-6-1-3-9-16(14)20/h1-12H,13H2. The van der Waals surface area contributed by atoms with Crippen LogP contribution in [0.2, 0.25) is 0 Å². The van der Waals surface area contributed by atoms with Crippen molar-refractivity contribution in [1.29, 1.82) is 0 Å². The molecule has 0 aliphatic rings. The fourth-order valence-corrected chi connectivity index (χ4v) is 3.76. The second-order valence-corrected chi connectivity index (χ2v) is 6.69. The lowest BCUT2D eigenvalue weighted by atomic mass is 10.1. The smallest absolute Gasteiger partial charge is 0.347 e. The molecule has 0 saturated carbocycles. The van der Waals surface area contributed by atoms with Gasteiger partial charge in [0.05, 0.1) is 5.75 Å². The van der Waals surface area contributed by atoms with Gasteiger partial charge in [0.2, 0.25) is 0 Å². The molecule has 0 bridgehead atoms. The molecule has 122 valence electrons. The van der Waals surface area contributed by atoms with Gasteiger partial charge in [0.15, 0.2) is 5.78 Å². The van der Waals surface area contributed by atoms with Crippen LogP contribution >= 0.6 is 11.8 Å². The van der Waals surface area contributed by atoms with Gasteiger partial charge in [-0.15, -0.1) is 11.8 Å². The van der Waals surface area contributed by atoms with E-state index in [0.29, 0.717) is 5.58 Å². The molecule has 25 heavy (non-hydrogen) atoms. The Morgan fingerprint density at radius 3 is 2.48 bits per heavy atom. The van der Waals surface area contributed by atoms with Crippen LogP contribution in [0.1, 0.15) is 10.4 Å². The molecule has 0 saturated heterocycles. The SMILES string of the molecule is O=C(CSc1cccc2ccccc12)c1cc2ccccc2oc1=O. The van der Waals surface area contributed by atoms with Crippen molar-refractivity contribution in [2.75, 3.05) is 5.75 Å². The molecule has 0 N–H and O–H groups in total. The van der Waals surface area contributed by atoms with Crippen molar-refractivity contribution in [2.45, 2.75) is 4.90 Å². The fraction of sp³-hybridized carbons (Fsp3) is 0.0476. The molecule has 4 aromatic rings. The molecule has 0 radical (unpaired) electrons. The van der Waals surface area contributed by atoms with Gasteiger partial charge in [-0.25, -0.2) is 4.79 Å². The maximum Gasteiger partial charge on any atom is 0.347 e. The highest BCUT2D eigenvalue weighted by molar-refractivity contribution is 8.00. The summed E-state index contributed by atoms with van der Waals surface area (Å²) in [6.45, 7) is 0. The van der Waals surface area contributed by atoms with E-state index in [1.165, 1.54) is 11.8 Å². The van der Waals surface area contributed by atoms with Crippen molar-refractivity contribution in [3.05, 3.63) is 88.8 Å². The summed E-state index contributed by atoms with van der Waals surface area (Å²) in [5, 5.41) is 2.99. The normalized spacial score (nSPS) is 11.0. The molecule has 3 aromatic carbocycles. The second-order valence-electron chi connectivity index (χ2n) is 5.67. The summed E-state index contributed by atoms with van der Waals surface area (Å²) in [5.74, 6) is -0.0330. The third kappa shape index (κ3) is 3.08. The van der Waals surface area contributed by atoms with Gasteiger partial charge in [0, 0.05) is 10.3 Å². The number of hydrogen-bond donors (Lipinski definition) is 0. The van der Waals surface area contributed by atoms with Gasteiger partial charge >= 0.3 is 5.63 Å². The van der Waals surface area contributed by atoms with E-state index >= 15 is 0 Å². The van der Waals surface area contributed by atoms with E-state index in [2.05, 4.69) is 0 Å². The van der Waals surface area contributed by atoms with Crippen LogP contribution in [0.5, 0.6) is 0 Å². The zero-order valence-electron chi connectivity index (χ0n) is 13.3. The first-order valence-electron chi connectivity index (χ1n) is 7.89. The monoisotopic (exact) mass is 346 g/mol. The number of rotatable bonds is 4.